The standard InChI is InChI=1S/C29H24N2O4S/c1-18(32)30-16-21-12-14-26(36-21)25(33)17-35-29(34)27-22-9-5-6-10-24(22)31-28-20(11-13-23(27)28)15-19-7-3-2-4-8-19/h2-10,12,14-15H,11,13,16-17H2,1H3,(H,30,32)/b20-15+. The molecule has 4 aromatic rings. The molecule has 6 nitrogen and oxygen atoms in total. The van der Waals surface area contributed by atoms with Gasteiger partial charge in [-0.05, 0) is 53.8 Å². The van der Waals surface area contributed by atoms with Crippen LogP contribution in [0.3, 0.4) is 0 Å². The Balaban J connectivity index is 1.40. The number of thiophene rings is 1. The van der Waals surface area contributed by atoms with Crippen LogP contribution in [0.1, 0.15) is 55.1 Å². The molecule has 0 aliphatic heterocycles. The number of nitrogens with zero attached hydrogens (tertiary/aromatic N) is 1. The number of hydrogen-bond donors (Lipinski definition) is 1. The zero-order chi connectivity index (χ0) is 25.1. The Hall–Kier alpha value is -4.10. The highest BCUT2D eigenvalue weighted by atomic mass is 32.1. The van der Waals surface area contributed by atoms with Crippen molar-refractivity contribution >= 4 is 51.5 Å². The molecule has 0 spiro atoms. The Morgan fingerprint density at radius 2 is 1.78 bits per heavy atom. The van der Waals surface area contributed by atoms with Crippen molar-refractivity contribution in [1.82, 2.24) is 10.3 Å². The predicted molar refractivity (Wildman–Crippen MR) is 141 cm³/mol. The first-order valence-corrected chi connectivity index (χ1v) is 12.5. The topological polar surface area (TPSA) is 85.4 Å². The number of fused-ring (bicyclic) bond motifs is 2. The maximum Gasteiger partial charge on any atom is 0.339 e. The summed E-state index contributed by atoms with van der Waals surface area (Å²) >= 11 is 1.28. The number of allylic oxidation sites excluding steroid dienone is 1. The fraction of sp³-hybridized carbons (Fsp3) is 0.172. The molecule has 1 aliphatic carbocycles. The van der Waals surface area contributed by atoms with Crippen LogP contribution in [0.25, 0.3) is 22.6 Å². The van der Waals surface area contributed by atoms with E-state index >= 15 is 0 Å². The SMILES string of the molecule is CC(=O)NCc1ccc(C(=O)COC(=O)c2c3c(nc4ccccc24)/C(=C/c2ccccc2)CC3)s1. The van der Waals surface area contributed by atoms with Crippen LogP contribution >= 0.6 is 11.3 Å². The zero-order valence-corrected chi connectivity index (χ0v) is 20.6. The summed E-state index contributed by atoms with van der Waals surface area (Å²) in [5.74, 6) is -0.930. The summed E-state index contributed by atoms with van der Waals surface area (Å²) in [6.45, 7) is 1.46. The molecule has 0 saturated heterocycles. The van der Waals surface area contributed by atoms with Gasteiger partial charge < -0.3 is 10.1 Å². The van der Waals surface area contributed by atoms with Crippen molar-refractivity contribution in [2.45, 2.75) is 26.3 Å². The Morgan fingerprint density at radius 3 is 2.58 bits per heavy atom. The van der Waals surface area contributed by atoms with Gasteiger partial charge in [-0.2, -0.15) is 0 Å². The van der Waals surface area contributed by atoms with E-state index in [0.29, 0.717) is 23.4 Å². The maximum atomic E-state index is 13.3. The molecule has 0 unspecified atom stereocenters. The number of ketones is 1. The number of carbonyl (C=O) groups is 3. The van der Waals surface area contributed by atoms with E-state index in [2.05, 4.69) is 11.4 Å². The lowest BCUT2D eigenvalue weighted by Crippen LogP contribution is -2.18. The van der Waals surface area contributed by atoms with Crippen LogP contribution in [0.4, 0.5) is 0 Å². The van der Waals surface area contributed by atoms with Gasteiger partial charge in [0.25, 0.3) is 0 Å². The number of ether oxygens (including phenoxy) is 1. The first-order chi connectivity index (χ1) is 17.5. The average molecular weight is 497 g/mol. The third kappa shape index (κ3) is 4.97. The zero-order valence-electron chi connectivity index (χ0n) is 19.7. The van der Waals surface area contributed by atoms with E-state index in [1.54, 1.807) is 12.1 Å². The van der Waals surface area contributed by atoms with Gasteiger partial charge in [-0.25, -0.2) is 9.78 Å². The second-order valence-corrected chi connectivity index (χ2v) is 9.75. The van der Waals surface area contributed by atoms with Crippen LogP contribution in [0, 0.1) is 0 Å². The minimum absolute atomic E-state index is 0.135. The number of para-hydroxylation sites is 1. The summed E-state index contributed by atoms with van der Waals surface area (Å²) in [5, 5.41) is 3.44. The van der Waals surface area contributed by atoms with Gasteiger partial charge in [-0.15, -0.1) is 11.3 Å². The molecule has 0 atom stereocenters. The van der Waals surface area contributed by atoms with Crippen molar-refractivity contribution in [1.29, 1.82) is 0 Å². The molecule has 0 fully saturated rings. The first-order valence-electron chi connectivity index (χ1n) is 11.7. The third-order valence-electron chi connectivity index (χ3n) is 6.07. The molecule has 0 saturated carbocycles. The second-order valence-electron chi connectivity index (χ2n) is 8.59. The van der Waals surface area contributed by atoms with Gasteiger partial charge in [-0.3, -0.25) is 9.59 Å². The number of pyridine rings is 1. The van der Waals surface area contributed by atoms with Crippen LogP contribution in [-0.2, 0) is 22.5 Å². The molecular formula is C29H24N2O4S. The highest BCUT2D eigenvalue weighted by molar-refractivity contribution is 7.14. The smallest absolute Gasteiger partial charge is 0.339 e. The number of hydrogen-bond acceptors (Lipinski definition) is 6. The number of rotatable bonds is 7. The highest BCUT2D eigenvalue weighted by Gasteiger charge is 2.28. The molecule has 2 heterocycles. The summed E-state index contributed by atoms with van der Waals surface area (Å²) < 4.78 is 5.54. The van der Waals surface area contributed by atoms with E-state index in [4.69, 9.17) is 9.72 Å². The lowest BCUT2D eigenvalue weighted by atomic mass is 10.0. The molecular weight excluding hydrogens is 472 g/mol. The number of amides is 1. The van der Waals surface area contributed by atoms with Gasteiger partial charge in [-0.1, -0.05) is 48.5 Å². The van der Waals surface area contributed by atoms with E-state index in [-0.39, 0.29) is 18.3 Å². The summed E-state index contributed by atoms with van der Waals surface area (Å²) in [4.78, 5) is 43.4. The summed E-state index contributed by atoms with van der Waals surface area (Å²) in [5.41, 5.74) is 5.05. The Labute approximate surface area is 212 Å². The minimum atomic E-state index is -0.519. The molecule has 180 valence electrons. The largest absolute Gasteiger partial charge is 0.454 e. The van der Waals surface area contributed by atoms with Crippen molar-refractivity contribution in [3.8, 4) is 0 Å². The molecule has 1 amide bonds. The lowest BCUT2D eigenvalue weighted by molar-refractivity contribution is -0.119. The predicted octanol–water partition coefficient (Wildman–Crippen LogP) is 5.46. The van der Waals surface area contributed by atoms with Gasteiger partial charge in [0.15, 0.2) is 6.61 Å². The van der Waals surface area contributed by atoms with Crippen LogP contribution in [0.15, 0.2) is 66.7 Å². The van der Waals surface area contributed by atoms with Gasteiger partial charge in [0.05, 0.1) is 28.2 Å². The van der Waals surface area contributed by atoms with Crippen molar-refractivity contribution in [3.05, 3.63) is 98.9 Å². The molecule has 36 heavy (non-hydrogen) atoms. The highest BCUT2D eigenvalue weighted by Crippen LogP contribution is 2.37. The van der Waals surface area contributed by atoms with Gasteiger partial charge in [0, 0.05) is 17.2 Å². The van der Waals surface area contributed by atoms with Crippen molar-refractivity contribution in [3.63, 3.8) is 0 Å². The van der Waals surface area contributed by atoms with Gasteiger partial charge in [0.1, 0.15) is 0 Å². The molecule has 1 aliphatic rings. The number of carbonyl (C=O) groups excluding carboxylic acids is 3. The second kappa shape index (κ2) is 10.3. The first kappa shape index (κ1) is 23.6. The molecule has 5 rings (SSSR count). The van der Waals surface area contributed by atoms with Crippen LogP contribution in [0.5, 0.6) is 0 Å². The molecule has 1 N–H and O–H groups in total. The molecule has 2 aromatic heterocycles. The van der Waals surface area contributed by atoms with E-state index in [9.17, 15) is 14.4 Å². The lowest BCUT2D eigenvalue weighted by Gasteiger charge is -2.12. The third-order valence-corrected chi connectivity index (χ3v) is 7.20. The van der Waals surface area contributed by atoms with Crippen molar-refractivity contribution < 1.29 is 19.1 Å². The maximum absolute atomic E-state index is 13.3. The fourth-order valence-electron chi connectivity index (χ4n) is 4.37. The summed E-state index contributed by atoms with van der Waals surface area (Å²) in [6.07, 6.45) is 3.57. The Morgan fingerprint density at radius 1 is 1.00 bits per heavy atom. The molecule has 2 aromatic carbocycles. The summed E-state index contributed by atoms with van der Waals surface area (Å²) in [7, 11) is 0. The molecule has 0 radical (unpaired) electrons. The minimum Gasteiger partial charge on any atom is -0.454 e. The van der Waals surface area contributed by atoms with E-state index < -0.39 is 5.97 Å². The molecule has 7 heteroatoms. The molecule has 0 bridgehead atoms. The normalized spacial score (nSPS) is 13.5. The van der Waals surface area contributed by atoms with E-state index in [1.807, 2.05) is 54.6 Å². The number of nitrogens with one attached hydrogen (secondary N) is 1. The Kier molecular flexibility index (Phi) is 6.73. The van der Waals surface area contributed by atoms with Crippen molar-refractivity contribution in [2.24, 2.45) is 0 Å². The van der Waals surface area contributed by atoms with Crippen LogP contribution in [-0.4, -0.2) is 29.3 Å². The van der Waals surface area contributed by atoms with Gasteiger partial charge >= 0.3 is 5.97 Å². The van der Waals surface area contributed by atoms with E-state index in [1.165, 1.54) is 18.3 Å². The van der Waals surface area contributed by atoms with Crippen LogP contribution in [0.2, 0.25) is 0 Å². The van der Waals surface area contributed by atoms with E-state index in [0.717, 1.165) is 44.6 Å². The fourth-order valence-corrected chi connectivity index (χ4v) is 5.24. The number of esters is 1. The monoisotopic (exact) mass is 496 g/mol. The average Bonchev–Trinajstić information content (AvgIpc) is 3.52. The van der Waals surface area contributed by atoms with Crippen LogP contribution < -0.4 is 5.32 Å². The quantitative estimate of drug-likeness (QED) is 0.271. The van der Waals surface area contributed by atoms with Crippen molar-refractivity contribution in [2.75, 3.05) is 6.61 Å². The number of Topliss-reactive ketones (excluding diaryl/α,β-unsaturated/α-hetero) is 1. The number of aromatic nitrogens is 1. The summed E-state index contributed by atoms with van der Waals surface area (Å²) in [6, 6.07) is 21.0. The Bertz CT molecular complexity index is 1500. The van der Waals surface area contributed by atoms with Gasteiger partial charge in [0.2, 0.25) is 11.7 Å². The number of benzene rings is 2.